The predicted molar refractivity (Wildman–Crippen MR) is 99.0 cm³/mol. The number of carboxylic acid groups (broad SMARTS) is 1. The van der Waals surface area contributed by atoms with E-state index >= 15 is 0 Å². The van der Waals surface area contributed by atoms with Gasteiger partial charge in [0.2, 0.25) is 5.91 Å². The molecule has 0 radical (unpaired) electrons. The molecule has 3 rings (SSSR count). The van der Waals surface area contributed by atoms with Gasteiger partial charge in [0.05, 0.1) is 24.7 Å². The highest BCUT2D eigenvalue weighted by atomic mass is 32.2. The smallest absolute Gasteiger partial charge is 0.248 e. The molecule has 2 aliphatic rings. The van der Waals surface area contributed by atoms with Gasteiger partial charge in [0, 0.05) is 24.2 Å². The van der Waals surface area contributed by atoms with E-state index in [0.29, 0.717) is 17.5 Å². The Kier molecular flexibility index (Phi) is 5.75. The highest BCUT2D eigenvalue weighted by molar-refractivity contribution is 8.15. The van der Waals surface area contributed by atoms with Crippen LogP contribution in [0.3, 0.4) is 0 Å². The van der Waals surface area contributed by atoms with Crippen LogP contribution >= 0.6 is 11.8 Å². The van der Waals surface area contributed by atoms with Crippen molar-refractivity contribution in [1.82, 2.24) is 4.90 Å². The Morgan fingerprint density at radius 3 is 2.59 bits per heavy atom. The van der Waals surface area contributed by atoms with Crippen LogP contribution < -0.4 is 9.84 Å². The van der Waals surface area contributed by atoms with Gasteiger partial charge in [-0.2, -0.15) is 4.99 Å². The number of amidine groups is 1. The van der Waals surface area contributed by atoms with Crippen LogP contribution in [0, 0.1) is 0 Å². The Balaban J connectivity index is 1.81. The second-order valence-electron chi connectivity index (χ2n) is 6.44. The summed E-state index contributed by atoms with van der Waals surface area (Å²) in [5.41, 5.74) is 0.927. The molecule has 0 bridgehead atoms. The van der Waals surface area contributed by atoms with E-state index < -0.39 is 21.7 Å². The molecule has 27 heavy (non-hydrogen) atoms. The first kappa shape index (κ1) is 19.7. The van der Waals surface area contributed by atoms with E-state index in [1.807, 2.05) is 29.2 Å². The summed E-state index contributed by atoms with van der Waals surface area (Å²) in [6.07, 6.45) is -0.629. The summed E-state index contributed by atoms with van der Waals surface area (Å²) in [6, 6.07) is 7.10. The molecule has 1 amide bonds. The van der Waals surface area contributed by atoms with Crippen LogP contribution in [0.2, 0.25) is 0 Å². The lowest BCUT2D eigenvalue weighted by molar-refractivity contribution is -0.305. The number of aliphatic carboxylic acids is 1. The van der Waals surface area contributed by atoms with Crippen molar-refractivity contribution in [2.75, 3.05) is 18.6 Å². The number of fused-ring (bicyclic) bond motifs is 1. The first-order valence-corrected chi connectivity index (χ1v) is 11.1. The third-order valence-corrected chi connectivity index (χ3v) is 7.70. The third kappa shape index (κ3) is 4.81. The van der Waals surface area contributed by atoms with Gasteiger partial charge in [0.1, 0.15) is 5.75 Å². The Bertz CT molecular complexity index is 866. The number of rotatable bonds is 6. The van der Waals surface area contributed by atoms with E-state index in [2.05, 4.69) is 4.99 Å². The lowest BCUT2D eigenvalue weighted by atomic mass is 10.1. The molecule has 0 aromatic heterocycles. The maximum atomic E-state index is 12.0. The summed E-state index contributed by atoms with van der Waals surface area (Å²) >= 11 is 1.27. The number of hydrogen-bond acceptors (Lipinski definition) is 7. The molecule has 0 aliphatic carbocycles. The lowest BCUT2D eigenvalue weighted by Crippen LogP contribution is -2.37. The van der Waals surface area contributed by atoms with E-state index in [0.717, 1.165) is 5.56 Å². The van der Waals surface area contributed by atoms with Crippen molar-refractivity contribution < 1.29 is 27.9 Å². The molecule has 146 valence electrons. The average molecular weight is 411 g/mol. The van der Waals surface area contributed by atoms with Gasteiger partial charge in [0.15, 0.2) is 15.0 Å². The topological polar surface area (TPSA) is 116 Å². The number of ether oxygens (including phenoxy) is 1. The summed E-state index contributed by atoms with van der Waals surface area (Å²) in [6.45, 7) is 0.403. The van der Waals surface area contributed by atoms with Gasteiger partial charge in [-0.25, -0.2) is 8.42 Å². The second kappa shape index (κ2) is 7.89. The van der Waals surface area contributed by atoms with Crippen molar-refractivity contribution in [3.8, 4) is 5.75 Å². The predicted octanol–water partition coefficient (Wildman–Crippen LogP) is -0.178. The number of sulfone groups is 1. The van der Waals surface area contributed by atoms with Crippen LogP contribution in [0.1, 0.15) is 18.4 Å². The van der Waals surface area contributed by atoms with Crippen LogP contribution in [0.15, 0.2) is 29.3 Å². The summed E-state index contributed by atoms with van der Waals surface area (Å²) in [4.78, 5) is 28.4. The molecule has 2 fully saturated rings. The maximum absolute atomic E-state index is 12.0. The van der Waals surface area contributed by atoms with E-state index in [9.17, 15) is 23.1 Å². The summed E-state index contributed by atoms with van der Waals surface area (Å²) < 4.78 is 29.1. The van der Waals surface area contributed by atoms with Crippen LogP contribution in [-0.4, -0.2) is 60.3 Å². The number of nitrogens with zero attached hydrogens (tertiary/aromatic N) is 2. The zero-order valence-corrected chi connectivity index (χ0v) is 16.3. The van der Waals surface area contributed by atoms with Crippen molar-refractivity contribution in [3.05, 3.63) is 29.8 Å². The molecule has 10 heteroatoms. The molecule has 1 aromatic carbocycles. The molecule has 2 aliphatic heterocycles. The van der Waals surface area contributed by atoms with Gasteiger partial charge in [-0.05, 0) is 24.1 Å². The number of benzene rings is 1. The van der Waals surface area contributed by atoms with Gasteiger partial charge in [0.25, 0.3) is 0 Å². The van der Waals surface area contributed by atoms with Crippen LogP contribution in [0.4, 0.5) is 0 Å². The van der Waals surface area contributed by atoms with E-state index in [4.69, 9.17) is 4.74 Å². The molecule has 2 saturated heterocycles. The molecule has 1 aromatic rings. The highest BCUT2D eigenvalue weighted by Crippen LogP contribution is 2.39. The molecule has 0 unspecified atom stereocenters. The molecular weight excluding hydrogens is 392 g/mol. The summed E-state index contributed by atoms with van der Waals surface area (Å²) in [7, 11) is -1.55. The maximum Gasteiger partial charge on any atom is 0.248 e. The molecule has 8 nitrogen and oxygen atoms in total. The van der Waals surface area contributed by atoms with Gasteiger partial charge < -0.3 is 19.5 Å². The Morgan fingerprint density at radius 2 is 1.96 bits per heavy atom. The zero-order chi connectivity index (χ0) is 19.6. The molecule has 2 atom stereocenters. The van der Waals surface area contributed by atoms with Gasteiger partial charge in [-0.3, -0.25) is 4.79 Å². The molecule has 2 heterocycles. The molecular formula is C17H19N2O6S2-. The summed E-state index contributed by atoms with van der Waals surface area (Å²) in [5.74, 6) is -1.08. The van der Waals surface area contributed by atoms with Crippen LogP contribution in [0.5, 0.6) is 5.75 Å². The highest BCUT2D eigenvalue weighted by Gasteiger charge is 2.48. The van der Waals surface area contributed by atoms with Gasteiger partial charge in [-0.15, -0.1) is 0 Å². The number of carbonyl (C=O) groups excluding carboxylic acids is 2. The number of carboxylic acids is 1. The van der Waals surface area contributed by atoms with Crippen LogP contribution in [0.25, 0.3) is 0 Å². The normalized spacial score (nSPS) is 24.8. The quantitative estimate of drug-likeness (QED) is 0.633. The standard InChI is InChI=1S/C17H20N2O6S2/c1-25-12-4-2-11(3-5-12)8-19-13-9-27(23,24)10-14(13)26-17(19)18-15(20)6-7-16(21)22/h2-5,13-14H,6-10H2,1H3,(H,21,22)/p-1/t13-,14-/m0/s1. The third-order valence-electron chi connectivity index (χ3n) is 4.45. The van der Waals surface area contributed by atoms with E-state index in [1.54, 1.807) is 7.11 Å². The minimum atomic E-state index is -3.12. The van der Waals surface area contributed by atoms with E-state index in [1.165, 1.54) is 11.8 Å². The fourth-order valence-corrected chi connectivity index (χ4v) is 7.09. The molecule has 0 N–H and O–H groups in total. The number of hydrogen-bond donors (Lipinski definition) is 0. The number of carbonyl (C=O) groups is 2. The monoisotopic (exact) mass is 411 g/mol. The van der Waals surface area contributed by atoms with Crippen LogP contribution in [-0.2, 0) is 26.0 Å². The van der Waals surface area contributed by atoms with Crippen molar-refractivity contribution in [2.45, 2.75) is 30.7 Å². The molecule has 0 spiro atoms. The average Bonchev–Trinajstić information content (AvgIpc) is 3.06. The lowest BCUT2D eigenvalue weighted by Gasteiger charge is -2.24. The minimum Gasteiger partial charge on any atom is -0.550 e. The van der Waals surface area contributed by atoms with Crippen molar-refractivity contribution >= 4 is 38.6 Å². The SMILES string of the molecule is COc1ccc(CN2C(=NC(=O)CCC(=O)[O-])S[C@H]3CS(=O)(=O)C[C@@H]32)cc1. The van der Waals surface area contributed by atoms with Crippen molar-refractivity contribution in [3.63, 3.8) is 0 Å². The van der Waals surface area contributed by atoms with Crippen molar-refractivity contribution in [2.24, 2.45) is 4.99 Å². The Hall–Kier alpha value is -2.07. The first-order valence-electron chi connectivity index (χ1n) is 8.35. The van der Waals surface area contributed by atoms with Gasteiger partial charge >= 0.3 is 0 Å². The Labute approximate surface area is 161 Å². The Morgan fingerprint density at radius 1 is 1.26 bits per heavy atom. The van der Waals surface area contributed by atoms with Gasteiger partial charge in [-0.1, -0.05) is 23.9 Å². The fraction of sp³-hybridized carbons (Fsp3) is 0.471. The number of thioether (sulfide) groups is 1. The molecule has 0 saturated carbocycles. The zero-order valence-electron chi connectivity index (χ0n) is 14.7. The number of aliphatic imine (C=N–C) groups is 1. The number of methoxy groups -OCH3 is 1. The van der Waals surface area contributed by atoms with Crippen molar-refractivity contribution in [1.29, 1.82) is 0 Å². The minimum absolute atomic E-state index is 0.0209. The number of amides is 1. The first-order chi connectivity index (χ1) is 12.8. The fourth-order valence-electron chi connectivity index (χ4n) is 3.12. The largest absolute Gasteiger partial charge is 0.550 e. The second-order valence-corrected chi connectivity index (χ2v) is 9.80. The van der Waals surface area contributed by atoms with E-state index in [-0.39, 0.29) is 35.6 Å². The summed E-state index contributed by atoms with van der Waals surface area (Å²) in [5, 5.41) is 10.8.